The van der Waals surface area contributed by atoms with E-state index in [2.05, 4.69) is 20.2 Å². The van der Waals surface area contributed by atoms with Crippen molar-refractivity contribution in [3.8, 4) is 0 Å². The molecule has 0 radical (unpaired) electrons. The summed E-state index contributed by atoms with van der Waals surface area (Å²) in [6.07, 6.45) is -3.42. The van der Waals surface area contributed by atoms with Gasteiger partial charge in [-0.3, -0.25) is 4.79 Å². The number of imidazole rings is 1. The standard InChI is InChI=1S/C15H14F3N5O2S/c16-15(17,18)8-19-12(24)7-26-14-23-22-13(25-14)6-5-11-20-9-3-1-2-4-10(9)21-11/h1-4H,5-8H2,(H,19,24)(H,20,21). The van der Waals surface area contributed by atoms with E-state index in [4.69, 9.17) is 4.42 Å². The molecule has 0 aliphatic carbocycles. The molecule has 1 aromatic carbocycles. The molecule has 0 saturated heterocycles. The summed E-state index contributed by atoms with van der Waals surface area (Å²) in [5.41, 5.74) is 1.81. The number of hydrogen-bond donors (Lipinski definition) is 2. The van der Waals surface area contributed by atoms with Gasteiger partial charge in [0.2, 0.25) is 11.8 Å². The number of carbonyl (C=O) groups excluding carboxylic acids is 1. The van der Waals surface area contributed by atoms with E-state index in [0.717, 1.165) is 28.6 Å². The fraction of sp³-hybridized carbons (Fsp3) is 0.333. The van der Waals surface area contributed by atoms with Crippen LogP contribution in [0.1, 0.15) is 11.7 Å². The first-order valence-corrected chi connectivity index (χ1v) is 8.60. The van der Waals surface area contributed by atoms with Crippen LogP contribution in [0, 0.1) is 0 Å². The number of hydrogen-bond acceptors (Lipinski definition) is 6. The summed E-state index contributed by atoms with van der Waals surface area (Å²) in [4.78, 5) is 19.0. The number of nitrogens with one attached hydrogen (secondary N) is 2. The van der Waals surface area contributed by atoms with Crippen LogP contribution in [0.3, 0.4) is 0 Å². The van der Waals surface area contributed by atoms with Gasteiger partial charge in [0.05, 0.1) is 16.8 Å². The van der Waals surface area contributed by atoms with E-state index in [0.29, 0.717) is 18.7 Å². The molecule has 1 amide bonds. The Bertz CT molecular complexity index is 860. The van der Waals surface area contributed by atoms with Crippen molar-refractivity contribution in [2.45, 2.75) is 24.2 Å². The molecule has 26 heavy (non-hydrogen) atoms. The summed E-state index contributed by atoms with van der Waals surface area (Å²) >= 11 is 0.882. The Morgan fingerprint density at radius 2 is 2.04 bits per heavy atom. The molecule has 0 atom stereocenters. The van der Waals surface area contributed by atoms with E-state index in [9.17, 15) is 18.0 Å². The highest BCUT2D eigenvalue weighted by Gasteiger charge is 2.27. The zero-order valence-corrected chi connectivity index (χ0v) is 14.2. The van der Waals surface area contributed by atoms with E-state index in [-0.39, 0.29) is 11.0 Å². The van der Waals surface area contributed by atoms with Crippen LogP contribution in [-0.4, -0.2) is 44.5 Å². The number of halogens is 3. The molecule has 0 aliphatic rings. The number of benzene rings is 1. The van der Waals surface area contributed by atoms with Crippen LogP contribution < -0.4 is 5.32 Å². The van der Waals surface area contributed by atoms with Gasteiger partial charge in [-0.25, -0.2) is 4.98 Å². The topological polar surface area (TPSA) is 96.7 Å². The summed E-state index contributed by atoms with van der Waals surface area (Å²) in [6.45, 7) is -1.36. The van der Waals surface area contributed by atoms with E-state index in [1.807, 2.05) is 24.3 Å². The van der Waals surface area contributed by atoms with Gasteiger partial charge in [0, 0.05) is 12.8 Å². The number of rotatable bonds is 7. The van der Waals surface area contributed by atoms with E-state index < -0.39 is 18.6 Å². The minimum atomic E-state index is -4.44. The van der Waals surface area contributed by atoms with Crippen molar-refractivity contribution in [3.05, 3.63) is 36.0 Å². The molecule has 3 rings (SSSR count). The number of amides is 1. The molecule has 0 unspecified atom stereocenters. The first kappa shape index (κ1) is 18.2. The molecule has 2 aromatic heterocycles. The molecule has 7 nitrogen and oxygen atoms in total. The highest BCUT2D eigenvalue weighted by Crippen LogP contribution is 2.18. The van der Waals surface area contributed by atoms with Crippen molar-refractivity contribution >= 4 is 28.7 Å². The number of H-pyrrole nitrogens is 1. The third-order valence-electron chi connectivity index (χ3n) is 3.28. The Morgan fingerprint density at radius 1 is 1.23 bits per heavy atom. The van der Waals surface area contributed by atoms with Gasteiger partial charge in [-0.05, 0) is 12.1 Å². The lowest BCUT2D eigenvalue weighted by molar-refractivity contribution is -0.136. The average Bonchev–Trinajstić information content (AvgIpc) is 3.21. The van der Waals surface area contributed by atoms with Crippen LogP contribution in [0.15, 0.2) is 33.9 Å². The summed E-state index contributed by atoms with van der Waals surface area (Å²) in [5, 5.41) is 9.53. The van der Waals surface area contributed by atoms with E-state index in [1.165, 1.54) is 0 Å². The molecule has 11 heteroatoms. The second-order valence-corrected chi connectivity index (χ2v) is 6.27. The molecule has 0 spiro atoms. The quantitative estimate of drug-likeness (QED) is 0.607. The predicted octanol–water partition coefficient (Wildman–Crippen LogP) is 2.50. The fourth-order valence-electron chi connectivity index (χ4n) is 2.12. The van der Waals surface area contributed by atoms with E-state index >= 15 is 0 Å². The van der Waals surface area contributed by atoms with Crippen LogP contribution >= 0.6 is 11.8 Å². The highest BCUT2D eigenvalue weighted by atomic mass is 32.2. The van der Waals surface area contributed by atoms with Gasteiger partial charge >= 0.3 is 6.18 Å². The molecular weight excluding hydrogens is 371 g/mol. The number of nitrogens with zero attached hydrogens (tertiary/aromatic N) is 3. The highest BCUT2D eigenvalue weighted by molar-refractivity contribution is 7.99. The molecule has 2 N–H and O–H groups in total. The van der Waals surface area contributed by atoms with Gasteiger partial charge in [-0.1, -0.05) is 23.9 Å². The monoisotopic (exact) mass is 385 g/mol. The lowest BCUT2D eigenvalue weighted by Crippen LogP contribution is -2.34. The lowest BCUT2D eigenvalue weighted by atomic mass is 10.3. The third kappa shape index (κ3) is 5.22. The van der Waals surface area contributed by atoms with Crippen LogP contribution in [0.5, 0.6) is 0 Å². The first-order valence-electron chi connectivity index (χ1n) is 7.61. The third-order valence-corrected chi connectivity index (χ3v) is 4.09. The zero-order valence-electron chi connectivity index (χ0n) is 13.3. The van der Waals surface area contributed by atoms with Crippen LogP contribution in [0.4, 0.5) is 13.2 Å². The minimum Gasteiger partial charge on any atom is -0.416 e. The zero-order chi connectivity index (χ0) is 18.6. The number of aromatic amines is 1. The maximum atomic E-state index is 12.0. The number of thioether (sulfide) groups is 1. The molecule has 2 heterocycles. The van der Waals surface area contributed by atoms with Crippen LogP contribution in [-0.2, 0) is 17.6 Å². The van der Waals surface area contributed by atoms with Crippen molar-refractivity contribution in [2.24, 2.45) is 0 Å². The van der Waals surface area contributed by atoms with Gasteiger partial charge in [0.25, 0.3) is 5.22 Å². The Balaban J connectivity index is 1.46. The van der Waals surface area contributed by atoms with Crippen molar-refractivity contribution in [1.29, 1.82) is 0 Å². The van der Waals surface area contributed by atoms with Gasteiger partial charge in [0.1, 0.15) is 12.4 Å². The number of aromatic nitrogens is 4. The van der Waals surface area contributed by atoms with Gasteiger partial charge in [0.15, 0.2) is 0 Å². The Hall–Kier alpha value is -2.56. The summed E-state index contributed by atoms with van der Waals surface area (Å²) in [6, 6.07) is 7.65. The Labute approximate surface area is 149 Å². The Morgan fingerprint density at radius 3 is 2.81 bits per heavy atom. The second kappa shape index (κ2) is 7.77. The van der Waals surface area contributed by atoms with Crippen LogP contribution in [0.2, 0.25) is 0 Å². The number of alkyl halides is 3. The van der Waals surface area contributed by atoms with Gasteiger partial charge < -0.3 is 14.7 Å². The number of carbonyl (C=O) groups is 1. The smallest absolute Gasteiger partial charge is 0.405 e. The molecule has 0 bridgehead atoms. The number of aryl methyl sites for hydroxylation is 2. The predicted molar refractivity (Wildman–Crippen MR) is 87.6 cm³/mol. The normalized spacial score (nSPS) is 11.8. The van der Waals surface area contributed by atoms with Crippen molar-refractivity contribution in [3.63, 3.8) is 0 Å². The van der Waals surface area contributed by atoms with Crippen molar-refractivity contribution < 1.29 is 22.4 Å². The second-order valence-electron chi connectivity index (χ2n) is 5.34. The van der Waals surface area contributed by atoms with Crippen molar-refractivity contribution in [2.75, 3.05) is 12.3 Å². The fourth-order valence-corrected chi connectivity index (χ4v) is 2.73. The number of para-hydroxylation sites is 2. The number of fused-ring (bicyclic) bond motifs is 1. The molecule has 0 aliphatic heterocycles. The summed E-state index contributed by atoms with van der Waals surface area (Å²) in [5.74, 6) is 0.157. The maximum Gasteiger partial charge on any atom is 0.405 e. The Kier molecular flexibility index (Phi) is 5.45. The summed E-state index contributed by atoms with van der Waals surface area (Å²) < 4.78 is 41.4. The maximum absolute atomic E-state index is 12.0. The largest absolute Gasteiger partial charge is 0.416 e. The minimum absolute atomic E-state index is 0.131. The molecule has 138 valence electrons. The molecular formula is C15H14F3N5O2S. The molecule has 0 fully saturated rings. The van der Waals surface area contributed by atoms with Crippen molar-refractivity contribution in [1.82, 2.24) is 25.5 Å². The van der Waals surface area contributed by atoms with Crippen LogP contribution in [0.25, 0.3) is 11.0 Å². The van der Waals surface area contributed by atoms with Gasteiger partial charge in [-0.15, -0.1) is 10.2 Å². The van der Waals surface area contributed by atoms with Gasteiger partial charge in [-0.2, -0.15) is 13.2 Å². The molecule has 0 saturated carbocycles. The SMILES string of the molecule is O=C(CSc1nnc(CCc2nc3ccccc3[nH]2)o1)NCC(F)(F)F. The lowest BCUT2D eigenvalue weighted by Gasteiger charge is -2.06. The average molecular weight is 385 g/mol. The summed E-state index contributed by atoms with van der Waals surface area (Å²) in [7, 11) is 0. The van der Waals surface area contributed by atoms with E-state index in [1.54, 1.807) is 5.32 Å². The first-order chi connectivity index (χ1) is 12.4. The molecule has 3 aromatic rings.